The minimum Gasteiger partial charge on any atom is -0.507 e. The number of hydrogen-bond donors (Lipinski definition) is 2. The summed E-state index contributed by atoms with van der Waals surface area (Å²) in [6.45, 7) is 5.81. The largest absolute Gasteiger partial charge is 0.507 e. The van der Waals surface area contributed by atoms with Crippen LogP contribution in [0.25, 0.3) is 11.3 Å². The van der Waals surface area contributed by atoms with Gasteiger partial charge in [-0.25, -0.2) is 0 Å². The summed E-state index contributed by atoms with van der Waals surface area (Å²) in [5.41, 5.74) is 4.44. The molecule has 168 valence electrons. The average molecular weight is 436 g/mol. The number of methoxy groups -OCH3 is 1. The van der Waals surface area contributed by atoms with Crippen LogP contribution in [0, 0.1) is 6.92 Å². The van der Waals surface area contributed by atoms with Crippen LogP contribution in [0.2, 0.25) is 0 Å². The zero-order valence-corrected chi connectivity index (χ0v) is 18.7. The molecule has 7 heteroatoms. The molecule has 2 heterocycles. The van der Waals surface area contributed by atoms with Crippen LogP contribution in [0.15, 0.2) is 42.5 Å². The van der Waals surface area contributed by atoms with Crippen molar-refractivity contribution in [3.63, 3.8) is 0 Å². The normalized spacial score (nSPS) is 15.3. The molecule has 0 saturated carbocycles. The second kappa shape index (κ2) is 9.44. The van der Waals surface area contributed by atoms with Crippen LogP contribution in [0.5, 0.6) is 11.5 Å². The molecule has 3 aromatic rings. The molecule has 4 rings (SSSR count). The van der Waals surface area contributed by atoms with Gasteiger partial charge in [0.05, 0.1) is 12.6 Å². The van der Waals surface area contributed by atoms with E-state index in [1.807, 2.05) is 48.2 Å². The maximum Gasteiger partial charge on any atom is 0.273 e. The highest BCUT2D eigenvalue weighted by Crippen LogP contribution is 2.44. The Morgan fingerprint density at radius 2 is 1.94 bits per heavy atom. The number of nitrogens with zero attached hydrogens (tertiary/aromatic N) is 2. The molecule has 1 aromatic heterocycles. The van der Waals surface area contributed by atoms with E-state index in [-0.39, 0.29) is 17.7 Å². The molecule has 0 unspecified atom stereocenters. The maximum atomic E-state index is 13.3. The Kier molecular flexibility index (Phi) is 6.46. The Balaban J connectivity index is 1.78. The Labute approximate surface area is 188 Å². The number of carbonyl (C=O) groups excluding carboxylic acids is 1. The van der Waals surface area contributed by atoms with E-state index in [9.17, 15) is 9.90 Å². The molecule has 0 saturated heterocycles. The average Bonchev–Trinajstić information content (AvgIpc) is 3.34. The number of nitrogens with one attached hydrogen (secondary N) is 1. The first kappa shape index (κ1) is 21.9. The number of ether oxygens (including phenoxy) is 2. The zero-order chi connectivity index (χ0) is 22.7. The van der Waals surface area contributed by atoms with Crippen molar-refractivity contribution < 1.29 is 19.4 Å². The summed E-state index contributed by atoms with van der Waals surface area (Å²) < 4.78 is 10.9. The molecule has 0 radical (unpaired) electrons. The number of aromatic hydroxyl groups is 1. The van der Waals surface area contributed by atoms with E-state index in [1.54, 1.807) is 13.2 Å². The fraction of sp³-hybridized carbons (Fsp3) is 0.360. The number of phenolic OH excluding ortho intramolecular Hbond substituents is 1. The molecule has 32 heavy (non-hydrogen) atoms. The summed E-state index contributed by atoms with van der Waals surface area (Å²) in [5.74, 6) is 0.838. The molecule has 7 nitrogen and oxygen atoms in total. The number of carbonyl (C=O) groups is 1. The van der Waals surface area contributed by atoms with Gasteiger partial charge in [-0.2, -0.15) is 5.10 Å². The van der Waals surface area contributed by atoms with Gasteiger partial charge in [-0.15, -0.1) is 0 Å². The summed E-state index contributed by atoms with van der Waals surface area (Å²) in [6.07, 6.45) is 1.66. The van der Waals surface area contributed by atoms with Crippen LogP contribution in [-0.4, -0.2) is 53.0 Å². The molecule has 0 bridgehead atoms. The highest BCUT2D eigenvalue weighted by molar-refractivity contribution is 6.00. The standard InChI is InChI=1S/C25H29N3O4/c1-4-13-32-18-9-7-17(8-10-18)24-21-22(19-15-16(2)6-11-20(19)29)26-27-23(21)25(30)28(24)12-5-14-31-3/h6-11,15,24,29H,4-5,12-14H2,1-3H3,(H,26,27)/t24-/m1/s1. The first-order chi connectivity index (χ1) is 15.5. The molecular weight excluding hydrogens is 406 g/mol. The predicted molar refractivity (Wildman–Crippen MR) is 122 cm³/mol. The highest BCUT2D eigenvalue weighted by atomic mass is 16.5. The van der Waals surface area contributed by atoms with Gasteiger partial charge in [0.2, 0.25) is 0 Å². The minimum atomic E-state index is -0.316. The lowest BCUT2D eigenvalue weighted by Gasteiger charge is -2.26. The van der Waals surface area contributed by atoms with Gasteiger partial charge in [-0.3, -0.25) is 9.89 Å². The SMILES string of the molecule is CCCOc1ccc([C@@H]2c3c(-c4cc(C)ccc4O)n[nH]c3C(=O)N2CCCOC)cc1. The van der Waals surface area contributed by atoms with E-state index in [1.165, 1.54) is 0 Å². The fourth-order valence-electron chi connectivity index (χ4n) is 4.16. The summed E-state index contributed by atoms with van der Waals surface area (Å²) in [4.78, 5) is 15.2. The van der Waals surface area contributed by atoms with E-state index in [4.69, 9.17) is 9.47 Å². The van der Waals surface area contributed by atoms with Crippen LogP contribution >= 0.6 is 0 Å². The molecule has 0 fully saturated rings. The predicted octanol–water partition coefficient (Wildman–Crippen LogP) is 4.46. The summed E-state index contributed by atoms with van der Waals surface area (Å²) in [6, 6.07) is 12.9. The minimum absolute atomic E-state index is 0.0988. The van der Waals surface area contributed by atoms with Crippen molar-refractivity contribution in [2.45, 2.75) is 32.7 Å². The summed E-state index contributed by atoms with van der Waals surface area (Å²) in [5, 5.41) is 17.9. The van der Waals surface area contributed by atoms with E-state index >= 15 is 0 Å². The zero-order valence-electron chi connectivity index (χ0n) is 18.7. The number of benzene rings is 2. The van der Waals surface area contributed by atoms with Crippen molar-refractivity contribution >= 4 is 5.91 Å². The van der Waals surface area contributed by atoms with E-state index in [0.29, 0.717) is 36.7 Å². The van der Waals surface area contributed by atoms with Gasteiger partial charge in [0.1, 0.15) is 22.9 Å². The molecule has 1 aliphatic heterocycles. The molecular formula is C25H29N3O4. The summed E-state index contributed by atoms with van der Waals surface area (Å²) >= 11 is 0. The van der Waals surface area contributed by atoms with Gasteiger partial charge < -0.3 is 19.5 Å². The smallest absolute Gasteiger partial charge is 0.273 e. The highest BCUT2D eigenvalue weighted by Gasteiger charge is 2.42. The topological polar surface area (TPSA) is 87.7 Å². The third-order valence-corrected chi connectivity index (χ3v) is 5.69. The lowest BCUT2D eigenvalue weighted by molar-refractivity contribution is 0.0723. The number of rotatable bonds is 9. The fourth-order valence-corrected chi connectivity index (χ4v) is 4.16. The van der Waals surface area contributed by atoms with Gasteiger partial charge in [0.15, 0.2) is 0 Å². The van der Waals surface area contributed by atoms with Crippen molar-refractivity contribution in [3.05, 3.63) is 64.8 Å². The molecule has 1 atom stereocenters. The van der Waals surface area contributed by atoms with Crippen molar-refractivity contribution in [1.82, 2.24) is 15.1 Å². The number of phenols is 1. The Morgan fingerprint density at radius 1 is 1.16 bits per heavy atom. The van der Waals surface area contributed by atoms with Crippen molar-refractivity contribution in [3.8, 4) is 22.8 Å². The van der Waals surface area contributed by atoms with E-state index in [2.05, 4.69) is 17.1 Å². The number of H-pyrrole nitrogens is 1. The third-order valence-electron chi connectivity index (χ3n) is 5.69. The van der Waals surface area contributed by atoms with Gasteiger partial charge in [0, 0.05) is 31.4 Å². The van der Waals surface area contributed by atoms with Gasteiger partial charge in [0.25, 0.3) is 5.91 Å². The Hall–Kier alpha value is -3.32. The third kappa shape index (κ3) is 4.08. The quantitative estimate of drug-likeness (QED) is 0.485. The molecule has 0 aliphatic carbocycles. The molecule has 1 aliphatic rings. The van der Waals surface area contributed by atoms with Crippen LogP contribution in [0.1, 0.15) is 53.0 Å². The second-order valence-corrected chi connectivity index (χ2v) is 8.05. The number of aromatic amines is 1. The number of aryl methyl sites for hydroxylation is 1. The molecule has 0 spiro atoms. The molecule has 2 aromatic carbocycles. The van der Waals surface area contributed by atoms with Crippen LogP contribution < -0.4 is 4.74 Å². The van der Waals surface area contributed by atoms with Crippen molar-refractivity contribution in [2.24, 2.45) is 0 Å². The Morgan fingerprint density at radius 3 is 2.66 bits per heavy atom. The maximum absolute atomic E-state index is 13.3. The first-order valence-electron chi connectivity index (χ1n) is 11.0. The van der Waals surface area contributed by atoms with Crippen molar-refractivity contribution in [2.75, 3.05) is 26.9 Å². The van der Waals surface area contributed by atoms with E-state index < -0.39 is 0 Å². The van der Waals surface area contributed by atoms with Gasteiger partial charge in [-0.1, -0.05) is 30.7 Å². The van der Waals surface area contributed by atoms with Gasteiger partial charge in [-0.05, 0) is 49.6 Å². The lowest BCUT2D eigenvalue weighted by atomic mass is 9.95. The van der Waals surface area contributed by atoms with Crippen LogP contribution in [-0.2, 0) is 4.74 Å². The molecule has 2 N–H and O–H groups in total. The number of hydrogen-bond acceptors (Lipinski definition) is 5. The second-order valence-electron chi connectivity index (χ2n) is 8.05. The molecule has 1 amide bonds. The van der Waals surface area contributed by atoms with Gasteiger partial charge >= 0.3 is 0 Å². The number of aromatic nitrogens is 2. The monoisotopic (exact) mass is 435 g/mol. The van der Waals surface area contributed by atoms with Crippen LogP contribution in [0.4, 0.5) is 0 Å². The lowest BCUT2D eigenvalue weighted by Crippen LogP contribution is -2.31. The Bertz CT molecular complexity index is 1090. The summed E-state index contributed by atoms with van der Waals surface area (Å²) in [7, 11) is 1.66. The first-order valence-corrected chi connectivity index (χ1v) is 11.0. The van der Waals surface area contributed by atoms with E-state index in [0.717, 1.165) is 35.3 Å². The number of fused-ring (bicyclic) bond motifs is 1. The number of amides is 1. The van der Waals surface area contributed by atoms with Crippen LogP contribution in [0.3, 0.4) is 0 Å². The van der Waals surface area contributed by atoms with Crippen molar-refractivity contribution in [1.29, 1.82) is 0 Å².